The minimum atomic E-state index is -3.24. The first kappa shape index (κ1) is 14.4. The van der Waals surface area contributed by atoms with E-state index in [1.807, 2.05) is 13.0 Å². The summed E-state index contributed by atoms with van der Waals surface area (Å²) >= 11 is 0. The van der Waals surface area contributed by atoms with Gasteiger partial charge in [-0.25, -0.2) is 17.7 Å². The Morgan fingerprint density at radius 2 is 2.17 bits per heavy atom. The molecule has 0 atom stereocenters. The Bertz CT molecular complexity index is 561. The van der Waals surface area contributed by atoms with E-state index in [9.17, 15) is 8.42 Å². The monoisotopic (exact) mass is 268 g/mol. The van der Waals surface area contributed by atoms with Gasteiger partial charge in [0.2, 0.25) is 10.0 Å². The fourth-order valence-corrected chi connectivity index (χ4v) is 2.04. The number of aryl methyl sites for hydroxylation is 1. The molecule has 0 unspecified atom stereocenters. The molecule has 0 fully saturated rings. The van der Waals surface area contributed by atoms with Crippen LogP contribution in [0.4, 0.5) is 5.82 Å². The first-order chi connectivity index (χ1) is 8.38. The van der Waals surface area contributed by atoms with E-state index in [1.54, 1.807) is 12.3 Å². The second-order valence-electron chi connectivity index (χ2n) is 3.99. The molecule has 6 nitrogen and oxygen atoms in total. The molecule has 0 bridgehead atoms. The average molecular weight is 268 g/mol. The van der Waals surface area contributed by atoms with Crippen LogP contribution in [0, 0.1) is 18.3 Å². The van der Waals surface area contributed by atoms with Crippen LogP contribution in [0.15, 0.2) is 12.3 Å². The van der Waals surface area contributed by atoms with Crippen molar-refractivity contribution in [2.24, 2.45) is 0 Å². The Balaban J connectivity index is 2.72. The summed E-state index contributed by atoms with van der Waals surface area (Å²) < 4.78 is 24.3. The maximum absolute atomic E-state index is 11.5. The average Bonchev–Trinajstić information content (AvgIpc) is 2.29. The molecule has 7 heteroatoms. The molecule has 1 heterocycles. The van der Waals surface area contributed by atoms with Crippen molar-refractivity contribution < 1.29 is 8.42 Å². The molecule has 1 N–H and O–H groups in total. The maximum atomic E-state index is 11.5. The number of sulfonamides is 1. The molecule has 18 heavy (non-hydrogen) atoms. The van der Waals surface area contributed by atoms with Crippen molar-refractivity contribution in [3.63, 3.8) is 0 Å². The number of rotatable bonds is 5. The van der Waals surface area contributed by atoms with Gasteiger partial charge in [0.25, 0.3) is 0 Å². The smallest absolute Gasteiger partial charge is 0.215 e. The summed E-state index contributed by atoms with van der Waals surface area (Å²) in [7, 11) is -0.264. The number of hydrogen-bond donors (Lipinski definition) is 1. The van der Waals surface area contributed by atoms with Crippen LogP contribution in [0.25, 0.3) is 0 Å². The van der Waals surface area contributed by atoms with Gasteiger partial charge in [-0.1, -0.05) is 0 Å². The Labute approximate surface area is 107 Å². The van der Waals surface area contributed by atoms with Gasteiger partial charge in [-0.05, 0) is 18.6 Å². The molecule has 0 aromatic carbocycles. The Morgan fingerprint density at radius 3 is 2.72 bits per heavy atom. The highest BCUT2D eigenvalue weighted by Gasteiger charge is 2.13. The lowest BCUT2D eigenvalue weighted by atomic mass is 10.1. The molecule has 0 spiro atoms. The first-order valence-electron chi connectivity index (χ1n) is 5.38. The Kier molecular flexibility index (Phi) is 4.64. The third-order valence-corrected chi connectivity index (χ3v) is 4.31. The van der Waals surface area contributed by atoms with Gasteiger partial charge < -0.3 is 5.32 Å². The molecular weight excluding hydrogens is 252 g/mol. The van der Waals surface area contributed by atoms with Crippen molar-refractivity contribution in [1.29, 1.82) is 5.26 Å². The van der Waals surface area contributed by atoms with E-state index < -0.39 is 10.0 Å². The largest absolute Gasteiger partial charge is 0.368 e. The van der Waals surface area contributed by atoms with E-state index in [4.69, 9.17) is 5.26 Å². The molecule has 0 saturated heterocycles. The number of nitrogens with one attached hydrogen (secondary N) is 1. The normalized spacial score (nSPS) is 11.3. The molecule has 1 rings (SSSR count). The first-order valence-corrected chi connectivity index (χ1v) is 6.99. The zero-order valence-electron chi connectivity index (χ0n) is 10.6. The van der Waals surface area contributed by atoms with E-state index in [0.29, 0.717) is 11.4 Å². The van der Waals surface area contributed by atoms with Gasteiger partial charge in [0, 0.05) is 26.8 Å². The molecular formula is C11H16N4O2S. The summed E-state index contributed by atoms with van der Waals surface area (Å²) in [5.41, 5.74) is 1.25. The van der Waals surface area contributed by atoms with Crippen molar-refractivity contribution in [3.05, 3.63) is 23.4 Å². The lowest BCUT2D eigenvalue weighted by Gasteiger charge is -2.12. The predicted octanol–water partition coefficient (Wildman–Crippen LogP) is 0.565. The number of nitriles is 1. The fraction of sp³-hybridized carbons (Fsp3) is 0.455. The standard InChI is InChI=1S/C11H16N4O2S/c1-9-4-5-13-11(10(9)8-12)14-6-7-18(16,17)15(2)3/h4-5H,6-7H2,1-3H3,(H,13,14). The summed E-state index contributed by atoms with van der Waals surface area (Å²) in [5.74, 6) is 0.381. The van der Waals surface area contributed by atoms with E-state index in [1.165, 1.54) is 18.4 Å². The summed E-state index contributed by atoms with van der Waals surface area (Å²) in [4.78, 5) is 4.03. The van der Waals surface area contributed by atoms with E-state index >= 15 is 0 Å². The SMILES string of the molecule is Cc1ccnc(NCCS(=O)(=O)N(C)C)c1C#N. The highest BCUT2D eigenvalue weighted by atomic mass is 32.2. The van der Waals surface area contributed by atoms with Crippen LogP contribution in [0.3, 0.4) is 0 Å². The molecule has 0 aliphatic rings. The van der Waals surface area contributed by atoms with Crippen LogP contribution in [0.2, 0.25) is 0 Å². The van der Waals surface area contributed by atoms with E-state index in [2.05, 4.69) is 10.3 Å². The van der Waals surface area contributed by atoms with E-state index in [0.717, 1.165) is 5.56 Å². The fourth-order valence-electron chi connectivity index (χ4n) is 1.31. The molecule has 1 aromatic heterocycles. The molecule has 0 aliphatic carbocycles. The van der Waals surface area contributed by atoms with Crippen molar-refractivity contribution in [1.82, 2.24) is 9.29 Å². The van der Waals surface area contributed by atoms with E-state index in [-0.39, 0.29) is 12.3 Å². The van der Waals surface area contributed by atoms with Crippen LogP contribution in [-0.2, 0) is 10.0 Å². The predicted molar refractivity (Wildman–Crippen MR) is 69.7 cm³/mol. The number of hydrogen-bond acceptors (Lipinski definition) is 5. The number of aromatic nitrogens is 1. The van der Waals surface area contributed by atoms with Crippen LogP contribution in [0.5, 0.6) is 0 Å². The van der Waals surface area contributed by atoms with Gasteiger partial charge in [-0.15, -0.1) is 0 Å². The molecule has 0 radical (unpaired) electrons. The molecule has 0 amide bonds. The zero-order valence-corrected chi connectivity index (χ0v) is 11.5. The minimum Gasteiger partial charge on any atom is -0.368 e. The Morgan fingerprint density at radius 1 is 1.50 bits per heavy atom. The van der Waals surface area contributed by atoms with Crippen molar-refractivity contribution in [2.75, 3.05) is 31.7 Å². The zero-order chi connectivity index (χ0) is 13.8. The summed E-state index contributed by atoms with van der Waals surface area (Å²) in [6.45, 7) is 2.02. The van der Waals surface area contributed by atoms with Gasteiger partial charge in [0.1, 0.15) is 11.9 Å². The van der Waals surface area contributed by atoms with Crippen LogP contribution >= 0.6 is 0 Å². The summed E-state index contributed by atoms with van der Waals surface area (Å²) in [6.07, 6.45) is 1.58. The third kappa shape index (κ3) is 3.42. The second kappa shape index (κ2) is 5.80. The highest BCUT2D eigenvalue weighted by Crippen LogP contribution is 2.14. The van der Waals surface area contributed by atoms with Gasteiger partial charge >= 0.3 is 0 Å². The minimum absolute atomic E-state index is 0.0412. The third-order valence-electron chi connectivity index (χ3n) is 2.48. The van der Waals surface area contributed by atoms with Gasteiger partial charge in [-0.3, -0.25) is 0 Å². The topological polar surface area (TPSA) is 86.1 Å². The van der Waals surface area contributed by atoms with Crippen molar-refractivity contribution in [2.45, 2.75) is 6.92 Å². The van der Waals surface area contributed by atoms with Crippen LogP contribution in [-0.4, -0.2) is 44.1 Å². The molecule has 0 aliphatic heterocycles. The Hall–Kier alpha value is -1.65. The molecule has 1 aromatic rings. The number of pyridine rings is 1. The van der Waals surface area contributed by atoms with Crippen LogP contribution < -0.4 is 5.32 Å². The van der Waals surface area contributed by atoms with Gasteiger partial charge in [0.15, 0.2) is 0 Å². The maximum Gasteiger partial charge on any atom is 0.215 e. The van der Waals surface area contributed by atoms with Crippen molar-refractivity contribution >= 4 is 15.8 Å². The lowest BCUT2D eigenvalue weighted by Crippen LogP contribution is -2.28. The summed E-state index contributed by atoms with van der Waals surface area (Å²) in [6, 6.07) is 3.79. The lowest BCUT2D eigenvalue weighted by molar-refractivity contribution is 0.521. The van der Waals surface area contributed by atoms with Crippen LogP contribution in [0.1, 0.15) is 11.1 Å². The van der Waals surface area contributed by atoms with Gasteiger partial charge in [-0.2, -0.15) is 5.26 Å². The second-order valence-corrected chi connectivity index (χ2v) is 6.29. The quantitative estimate of drug-likeness (QED) is 0.843. The van der Waals surface area contributed by atoms with Crippen molar-refractivity contribution in [3.8, 4) is 6.07 Å². The summed E-state index contributed by atoms with van der Waals surface area (Å²) in [5, 5.41) is 11.9. The molecule has 0 saturated carbocycles. The number of anilines is 1. The highest BCUT2D eigenvalue weighted by molar-refractivity contribution is 7.89. The molecule has 98 valence electrons. The number of nitrogens with zero attached hydrogens (tertiary/aromatic N) is 3. The van der Waals surface area contributed by atoms with Gasteiger partial charge in [0.05, 0.1) is 11.3 Å².